The summed E-state index contributed by atoms with van der Waals surface area (Å²) in [6.07, 6.45) is 0.598. The van der Waals surface area contributed by atoms with Crippen LogP contribution in [0.25, 0.3) is 11.3 Å². The number of carbonyl (C=O) groups excluding carboxylic acids is 2. The van der Waals surface area contributed by atoms with E-state index < -0.39 is 0 Å². The molecule has 2 heterocycles. The number of amides is 2. The zero-order valence-electron chi connectivity index (χ0n) is 14.6. The summed E-state index contributed by atoms with van der Waals surface area (Å²) in [6, 6.07) is 5.49. The second-order valence-corrected chi connectivity index (χ2v) is 6.38. The van der Waals surface area contributed by atoms with E-state index in [2.05, 4.69) is 15.4 Å². The van der Waals surface area contributed by atoms with Crippen molar-refractivity contribution in [1.29, 1.82) is 0 Å². The fraction of sp³-hybridized carbons (Fsp3) is 0.294. The second kappa shape index (κ2) is 7.52. The second-order valence-electron chi connectivity index (χ2n) is 5.53. The van der Waals surface area contributed by atoms with Crippen LogP contribution in [0.15, 0.2) is 28.7 Å². The first-order valence-corrected chi connectivity index (χ1v) is 8.73. The Morgan fingerprint density at radius 1 is 1.23 bits per heavy atom. The van der Waals surface area contributed by atoms with Crippen molar-refractivity contribution in [2.75, 3.05) is 26.6 Å². The molecule has 0 unspecified atom stereocenters. The molecular weight excluding hydrogens is 356 g/mol. The normalized spacial score (nSPS) is 14.0. The van der Waals surface area contributed by atoms with Gasteiger partial charge >= 0.3 is 0 Å². The van der Waals surface area contributed by atoms with E-state index in [1.54, 1.807) is 20.3 Å². The molecule has 1 aromatic carbocycles. The number of hydrogen-bond acceptors (Lipinski definition) is 7. The van der Waals surface area contributed by atoms with Crippen molar-refractivity contribution in [3.8, 4) is 22.8 Å². The molecule has 3 rings (SSSR count). The van der Waals surface area contributed by atoms with Crippen LogP contribution in [0.2, 0.25) is 0 Å². The van der Waals surface area contributed by atoms with Crippen LogP contribution >= 0.6 is 11.3 Å². The molecule has 0 bridgehead atoms. The van der Waals surface area contributed by atoms with Crippen LogP contribution in [-0.4, -0.2) is 48.8 Å². The van der Waals surface area contributed by atoms with E-state index in [4.69, 9.17) is 9.47 Å². The molecule has 0 radical (unpaired) electrons. The van der Waals surface area contributed by atoms with E-state index in [9.17, 15) is 9.59 Å². The number of hydrazone groups is 1. The predicted octanol–water partition coefficient (Wildman–Crippen LogP) is 2.37. The molecule has 0 aliphatic carbocycles. The molecule has 1 aliphatic heterocycles. The van der Waals surface area contributed by atoms with Gasteiger partial charge in [-0.3, -0.25) is 14.9 Å². The summed E-state index contributed by atoms with van der Waals surface area (Å²) in [5.74, 6) is 0.783. The summed E-state index contributed by atoms with van der Waals surface area (Å²) in [6.45, 7) is 0. The van der Waals surface area contributed by atoms with Crippen LogP contribution in [0, 0.1) is 0 Å². The van der Waals surface area contributed by atoms with Gasteiger partial charge in [0.25, 0.3) is 5.91 Å². The van der Waals surface area contributed by atoms with E-state index in [1.165, 1.54) is 23.4 Å². The van der Waals surface area contributed by atoms with Gasteiger partial charge in [0.1, 0.15) is 5.71 Å². The smallest absolute Gasteiger partial charge is 0.273 e. The molecular formula is C17H18N4O4S. The number of methoxy groups -OCH3 is 2. The first kappa shape index (κ1) is 17.9. The fourth-order valence-corrected chi connectivity index (χ4v) is 3.18. The van der Waals surface area contributed by atoms with Gasteiger partial charge in [-0.2, -0.15) is 5.10 Å². The van der Waals surface area contributed by atoms with Gasteiger partial charge in [0.15, 0.2) is 16.6 Å². The Labute approximate surface area is 154 Å². The van der Waals surface area contributed by atoms with Gasteiger partial charge in [-0.15, -0.1) is 11.3 Å². The Hall–Kier alpha value is -2.94. The Morgan fingerprint density at radius 2 is 2.00 bits per heavy atom. The number of ether oxygens (including phenoxy) is 2. The number of thiazole rings is 1. The maximum atomic E-state index is 12.3. The first-order valence-electron chi connectivity index (χ1n) is 7.85. The van der Waals surface area contributed by atoms with Crippen molar-refractivity contribution >= 4 is 34.0 Å². The lowest BCUT2D eigenvalue weighted by Crippen LogP contribution is -2.34. The van der Waals surface area contributed by atoms with E-state index in [0.29, 0.717) is 34.5 Å². The fourth-order valence-electron chi connectivity index (χ4n) is 2.46. The molecule has 2 aromatic rings. The molecule has 0 saturated carbocycles. The zero-order valence-corrected chi connectivity index (χ0v) is 15.4. The van der Waals surface area contributed by atoms with Crippen molar-refractivity contribution in [2.24, 2.45) is 5.10 Å². The third-order valence-corrected chi connectivity index (χ3v) is 4.63. The monoisotopic (exact) mass is 374 g/mol. The summed E-state index contributed by atoms with van der Waals surface area (Å²) < 4.78 is 10.5. The molecule has 1 N–H and O–H groups in total. The summed E-state index contributed by atoms with van der Waals surface area (Å²) >= 11 is 1.31. The van der Waals surface area contributed by atoms with Crippen LogP contribution < -0.4 is 14.8 Å². The van der Waals surface area contributed by atoms with Gasteiger partial charge in [-0.05, 0) is 18.2 Å². The van der Waals surface area contributed by atoms with E-state index >= 15 is 0 Å². The van der Waals surface area contributed by atoms with Crippen LogP contribution in [-0.2, 0) is 9.59 Å². The average Bonchev–Trinajstić information content (AvgIpc) is 3.11. The lowest BCUT2D eigenvalue weighted by Gasteiger charge is -2.18. The molecule has 1 aliphatic rings. The minimum atomic E-state index is -0.349. The minimum absolute atomic E-state index is 0.105. The Bertz CT molecular complexity index is 877. The molecule has 2 amide bonds. The Balaban J connectivity index is 1.75. The molecule has 0 atom stereocenters. The summed E-state index contributed by atoms with van der Waals surface area (Å²) in [5.41, 5.74) is 1.87. The number of nitrogens with zero attached hydrogens (tertiary/aromatic N) is 3. The molecule has 9 heteroatoms. The Kier molecular flexibility index (Phi) is 5.17. The third kappa shape index (κ3) is 3.67. The molecule has 8 nitrogen and oxygen atoms in total. The van der Waals surface area contributed by atoms with Crippen LogP contribution in [0.3, 0.4) is 0 Å². The van der Waals surface area contributed by atoms with Gasteiger partial charge < -0.3 is 9.47 Å². The predicted molar refractivity (Wildman–Crippen MR) is 98.7 cm³/mol. The summed E-state index contributed by atoms with van der Waals surface area (Å²) in [4.78, 5) is 28.2. The maximum absolute atomic E-state index is 12.3. The molecule has 0 fully saturated rings. The van der Waals surface area contributed by atoms with Crippen LogP contribution in [0.4, 0.5) is 5.13 Å². The number of anilines is 1. The summed E-state index contributed by atoms with van der Waals surface area (Å²) in [5, 5.41) is 10.2. The number of carbonyl (C=O) groups is 2. The molecule has 0 spiro atoms. The molecule has 26 heavy (non-hydrogen) atoms. The van der Waals surface area contributed by atoms with Crippen LogP contribution in [0.5, 0.6) is 11.5 Å². The Morgan fingerprint density at radius 3 is 2.69 bits per heavy atom. The lowest BCUT2D eigenvalue weighted by molar-refractivity contribution is -0.130. The number of benzene rings is 1. The topological polar surface area (TPSA) is 93.1 Å². The highest BCUT2D eigenvalue weighted by Crippen LogP contribution is 2.33. The third-order valence-electron chi connectivity index (χ3n) is 3.87. The molecule has 1 aromatic heterocycles. The maximum Gasteiger partial charge on any atom is 0.273 e. The quantitative estimate of drug-likeness (QED) is 0.867. The van der Waals surface area contributed by atoms with Crippen molar-refractivity contribution in [3.63, 3.8) is 0 Å². The minimum Gasteiger partial charge on any atom is -0.493 e. The van der Waals surface area contributed by atoms with Gasteiger partial charge in [0, 0.05) is 30.8 Å². The van der Waals surface area contributed by atoms with E-state index in [1.807, 2.05) is 17.5 Å². The highest BCUT2D eigenvalue weighted by Gasteiger charge is 2.22. The van der Waals surface area contributed by atoms with Crippen molar-refractivity contribution < 1.29 is 19.1 Å². The highest BCUT2D eigenvalue weighted by molar-refractivity contribution is 7.14. The lowest BCUT2D eigenvalue weighted by atomic mass is 10.1. The van der Waals surface area contributed by atoms with E-state index in [-0.39, 0.29) is 18.2 Å². The average molecular weight is 374 g/mol. The van der Waals surface area contributed by atoms with Crippen molar-refractivity contribution in [2.45, 2.75) is 12.8 Å². The van der Waals surface area contributed by atoms with Crippen molar-refractivity contribution in [1.82, 2.24) is 9.99 Å². The van der Waals surface area contributed by atoms with Crippen molar-refractivity contribution in [3.05, 3.63) is 23.6 Å². The standard InChI is InChI=1S/C17H18N4O4S/c1-21-15(22)7-5-11(20-21)16(23)19-17-18-12(9-26-17)10-4-6-13(24-2)14(8-10)25-3/h4,6,8-9H,5,7H2,1-3H3,(H,18,19,23). The number of aromatic nitrogens is 1. The molecule has 136 valence electrons. The molecule has 0 saturated heterocycles. The number of rotatable bonds is 5. The highest BCUT2D eigenvalue weighted by atomic mass is 32.1. The van der Waals surface area contributed by atoms with Gasteiger partial charge in [0.2, 0.25) is 5.91 Å². The van der Waals surface area contributed by atoms with Gasteiger partial charge in [-0.1, -0.05) is 0 Å². The first-order chi connectivity index (χ1) is 12.5. The number of hydrogen-bond donors (Lipinski definition) is 1. The SMILES string of the molecule is COc1ccc(-c2csc(NC(=O)C3=NN(C)C(=O)CC3)n2)cc1OC. The van der Waals surface area contributed by atoms with Crippen LogP contribution in [0.1, 0.15) is 12.8 Å². The van der Waals surface area contributed by atoms with Gasteiger partial charge in [0.05, 0.1) is 19.9 Å². The van der Waals surface area contributed by atoms with Gasteiger partial charge in [-0.25, -0.2) is 9.99 Å². The van der Waals surface area contributed by atoms with E-state index in [0.717, 1.165) is 5.56 Å². The largest absolute Gasteiger partial charge is 0.493 e. The number of nitrogens with one attached hydrogen (secondary N) is 1. The zero-order chi connectivity index (χ0) is 18.7. The summed E-state index contributed by atoms with van der Waals surface area (Å²) in [7, 11) is 4.68.